The van der Waals surface area contributed by atoms with Gasteiger partial charge in [0.15, 0.2) is 0 Å². The molecule has 3 heteroatoms. The fourth-order valence-electron chi connectivity index (χ4n) is 2.08. The maximum Gasteiger partial charge on any atom is 0.0508 e. The van der Waals surface area contributed by atoms with E-state index in [0.717, 1.165) is 12.5 Å². The second-order valence-electron chi connectivity index (χ2n) is 5.65. The molecule has 1 aromatic carbocycles. The zero-order chi connectivity index (χ0) is 13.1. The highest BCUT2D eigenvalue weighted by molar-refractivity contribution is 9.10. The Morgan fingerprint density at radius 3 is 2.67 bits per heavy atom. The van der Waals surface area contributed by atoms with Crippen molar-refractivity contribution in [2.24, 2.45) is 5.92 Å². The van der Waals surface area contributed by atoms with Crippen LogP contribution in [0.4, 0.5) is 5.69 Å². The first kappa shape index (κ1) is 13.9. The molecule has 0 unspecified atom stereocenters. The van der Waals surface area contributed by atoms with E-state index in [-0.39, 0.29) is 0 Å². The van der Waals surface area contributed by atoms with Crippen LogP contribution in [0.1, 0.15) is 32.3 Å². The maximum absolute atomic E-state index is 3.70. The average Bonchev–Trinajstić information content (AvgIpc) is 3.10. The van der Waals surface area contributed by atoms with E-state index in [1.54, 1.807) is 0 Å². The van der Waals surface area contributed by atoms with E-state index in [2.05, 4.69) is 65.2 Å². The Morgan fingerprint density at radius 1 is 1.39 bits per heavy atom. The smallest absolute Gasteiger partial charge is 0.0508 e. The Kier molecular flexibility index (Phi) is 4.68. The summed E-state index contributed by atoms with van der Waals surface area (Å²) < 4.78 is 1.20. The molecule has 2 nitrogen and oxygen atoms in total. The van der Waals surface area contributed by atoms with Crippen LogP contribution < -0.4 is 10.2 Å². The molecule has 1 fully saturated rings. The molecule has 0 heterocycles. The van der Waals surface area contributed by atoms with Gasteiger partial charge in [0.05, 0.1) is 5.69 Å². The largest absolute Gasteiger partial charge is 0.373 e. The third-order valence-electron chi connectivity index (χ3n) is 3.37. The van der Waals surface area contributed by atoms with Crippen LogP contribution in [0.2, 0.25) is 0 Å². The fourth-order valence-corrected chi connectivity index (χ4v) is 2.81. The van der Waals surface area contributed by atoms with Gasteiger partial charge in [-0.1, -0.05) is 19.9 Å². The summed E-state index contributed by atoms with van der Waals surface area (Å²) in [6.45, 7) is 6.46. The van der Waals surface area contributed by atoms with Crippen molar-refractivity contribution in [2.45, 2.75) is 39.3 Å². The van der Waals surface area contributed by atoms with Crippen LogP contribution in [0.3, 0.4) is 0 Å². The van der Waals surface area contributed by atoms with E-state index >= 15 is 0 Å². The lowest BCUT2D eigenvalue weighted by Gasteiger charge is -2.21. The van der Waals surface area contributed by atoms with E-state index in [1.807, 2.05) is 0 Å². The summed E-state index contributed by atoms with van der Waals surface area (Å²) in [5, 5.41) is 3.45. The predicted molar refractivity (Wildman–Crippen MR) is 82.1 cm³/mol. The molecule has 0 aromatic heterocycles. The Bertz CT molecular complexity index is 399. The molecule has 0 radical (unpaired) electrons. The molecule has 1 N–H and O–H groups in total. The Morgan fingerprint density at radius 2 is 2.11 bits per heavy atom. The van der Waals surface area contributed by atoms with Crippen molar-refractivity contribution in [1.29, 1.82) is 0 Å². The number of nitrogens with one attached hydrogen (secondary N) is 1. The maximum atomic E-state index is 3.70. The van der Waals surface area contributed by atoms with Gasteiger partial charge in [-0.15, -0.1) is 0 Å². The summed E-state index contributed by atoms with van der Waals surface area (Å²) in [4.78, 5) is 2.36. The number of anilines is 1. The van der Waals surface area contributed by atoms with Gasteiger partial charge < -0.3 is 10.2 Å². The van der Waals surface area contributed by atoms with Crippen LogP contribution in [-0.2, 0) is 6.54 Å². The zero-order valence-electron chi connectivity index (χ0n) is 11.5. The molecule has 1 aromatic rings. The minimum atomic E-state index is 0.529. The van der Waals surface area contributed by atoms with E-state index < -0.39 is 0 Å². The molecule has 100 valence electrons. The lowest BCUT2D eigenvalue weighted by molar-refractivity contribution is 0.588. The van der Waals surface area contributed by atoms with Crippen LogP contribution in [0.5, 0.6) is 0 Å². The number of rotatable bonds is 6. The molecule has 0 amide bonds. The van der Waals surface area contributed by atoms with E-state index in [9.17, 15) is 0 Å². The molecule has 1 aliphatic carbocycles. The highest BCUT2D eigenvalue weighted by atomic mass is 79.9. The molecule has 0 aliphatic heterocycles. The van der Waals surface area contributed by atoms with Gasteiger partial charge in [0.25, 0.3) is 0 Å². The van der Waals surface area contributed by atoms with Gasteiger partial charge >= 0.3 is 0 Å². The van der Waals surface area contributed by atoms with Crippen LogP contribution in [0, 0.1) is 5.92 Å². The van der Waals surface area contributed by atoms with E-state index in [4.69, 9.17) is 0 Å². The van der Waals surface area contributed by atoms with Crippen molar-refractivity contribution >= 4 is 21.6 Å². The fraction of sp³-hybridized carbons (Fsp3) is 0.600. The monoisotopic (exact) mass is 310 g/mol. The predicted octanol–water partition coefficient (Wildman–Crippen LogP) is 3.79. The number of halogens is 1. The normalized spacial score (nSPS) is 15.2. The second-order valence-corrected chi connectivity index (χ2v) is 6.50. The minimum absolute atomic E-state index is 0.529. The van der Waals surface area contributed by atoms with Crippen molar-refractivity contribution in [3.8, 4) is 0 Å². The summed E-state index contributed by atoms with van der Waals surface area (Å²) in [7, 11) is 2.18. The van der Waals surface area contributed by atoms with Gasteiger partial charge in [-0.2, -0.15) is 0 Å². The van der Waals surface area contributed by atoms with Crippen LogP contribution in [-0.4, -0.2) is 19.6 Å². The molecule has 18 heavy (non-hydrogen) atoms. The zero-order valence-corrected chi connectivity index (χ0v) is 13.1. The van der Waals surface area contributed by atoms with E-state index in [1.165, 1.54) is 35.1 Å². The van der Waals surface area contributed by atoms with Crippen LogP contribution in [0.15, 0.2) is 22.7 Å². The minimum Gasteiger partial charge on any atom is -0.373 e. The molecule has 0 atom stereocenters. The standard InChI is InChI=1S/C15H23BrN2/c1-11(2)17-9-13-6-7-15(14(16)8-13)18(3)10-12-4-5-12/h6-8,11-12,17H,4-5,9-10H2,1-3H3. The summed E-state index contributed by atoms with van der Waals surface area (Å²) in [5.41, 5.74) is 2.63. The topological polar surface area (TPSA) is 15.3 Å². The van der Waals surface area contributed by atoms with Crippen molar-refractivity contribution in [3.05, 3.63) is 28.2 Å². The van der Waals surface area contributed by atoms with Gasteiger partial charge in [-0.25, -0.2) is 0 Å². The first-order valence-electron chi connectivity index (χ1n) is 6.79. The van der Waals surface area contributed by atoms with Gasteiger partial charge in [-0.3, -0.25) is 0 Å². The Hall–Kier alpha value is -0.540. The van der Waals surface area contributed by atoms with Gasteiger partial charge in [0.1, 0.15) is 0 Å². The molecule has 0 spiro atoms. The van der Waals surface area contributed by atoms with Crippen molar-refractivity contribution in [2.75, 3.05) is 18.5 Å². The van der Waals surface area contributed by atoms with Crippen molar-refractivity contribution in [1.82, 2.24) is 5.32 Å². The molecule has 1 aliphatic rings. The highest BCUT2D eigenvalue weighted by Crippen LogP contribution is 2.33. The number of benzene rings is 1. The first-order chi connectivity index (χ1) is 8.56. The molecular formula is C15H23BrN2. The molecular weight excluding hydrogens is 288 g/mol. The summed E-state index contributed by atoms with van der Waals surface area (Å²) >= 11 is 3.70. The van der Waals surface area contributed by atoms with Gasteiger partial charge in [-0.05, 0) is 52.4 Å². The second kappa shape index (κ2) is 6.07. The Labute approximate surface area is 119 Å². The summed E-state index contributed by atoms with van der Waals surface area (Å²) in [6.07, 6.45) is 2.80. The lowest BCUT2D eigenvalue weighted by Crippen LogP contribution is -2.22. The SMILES string of the molecule is CC(C)NCc1ccc(N(C)CC2CC2)c(Br)c1. The van der Waals surface area contributed by atoms with Gasteiger partial charge in [0, 0.05) is 30.7 Å². The number of hydrogen-bond acceptors (Lipinski definition) is 2. The summed E-state index contributed by atoms with van der Waals surface area (Å²) in [6, 6.07) is 7.21. The van der Waals surface area contributed by atoms with E-state index in [0.29, 0.717) is 6.04 Å². The average molecular weight is 311 g/mol. The summed E-state index contributed by atoms with van der Waals surface area (Å²) in [5.74, 6) is 0.921. The number of nitrogens with zero attached hydrogens (tertiary/aromatic N) is 1. The molecule has 0 saturated heterocycles. The van der Waals surface area contributed by atoms with Crippen LogP contribution >= 0.6 is 15.9 Å². The number of hydrogen-bond donors (Lipinski definition) is 1. The Balaban J connectivity index is 1.99. The third-order valence-corrected chi connectivity index (χ3v) is 4.00. The third kappa shape index (κ3) is 3.99. The molecule has 1 saturated carbocycles. The van der Waals surface area contributed by atoms with Crippen LogP contribution in [0.25, 0.3) is 0 Å². The van der Waals surface area contributed by atoms with Gasteiger partial charge in [0.2, 0.25) is 0 Å². The lowest BCUT2D eigenvalue weighted by atomic mass is 10.2. The van der Waals surface area contributed by atoms with Crippen molar-refractivity contribution in [3.63, 3.8) is 0 Å². The molecule has 0 bridgehead atoms. The first-order valence-corrected chi connectivity index (χ1v) is 7.58. The molecule has 2 rings (SSSR count). The quantitative estimate of drug-likeness (QED) is 0.860. The van der Waals surface area contributed by atoms with Crippen molar-refractivity contribution < 1.29 is 0 Å². The highest BCUT2D eigenvalue weighted by Gasteiger charge is 2.23.